The second-order valence-electron chi connectivity index (χ2n) is 8.98. The second-order valence-corrected chi connectivity index (χ2v) is 12.1. The Morgan fingerprint density at radius 3 is 2.43 bits per heavy atom. The minimum atomic E-state index is -3.25. The van der Waals surface area contributed by atoms with E-state index in [4.69, 9.17) is 4.98 Å². The van der Waals surface area contributed by atoms with Gasteiger partial charge in [0.1, 0.15) is 5.82 Å². The lowest BCUT2D eigenvalue weighted by Gasteiger charge is -2.08. The zero-order valence-electron chi connectivity index (χ0n) is 20.4. The zero-order chi connectivity index (χ0) is 24.8. The first-order valence-electron chi connectivity index (χ1n) is 11.8. The van der Waals surface area contributed by atoms with E-state index < -0.39 is 10.0 Å². The molecule has 0 saturated heterocycles. The molecule has 5 nitrogen and oxygen atoms in total. The average Bonchev–Trinajstić information content (AvgIpc) is 3.33. The van der Waals surface area contributed by atoms with Crippen LogP contribution in [0.1, 0.15) is 52.7 Å². The molecule has 0 aliphatic rings. The minimum Gasteiger partial charge on any atom is -0.241 e. The summed E-state index contributed by atoms with van der Waals surface area (Å²) in [5, 5.41) is 0. The van der Waals surface area contributed by atoms with Crippen molar-refractivity contribution in [3.63, 3.8) is 0 Å². The summed E-state index contributed by atoms with van der Waals surface area (Å²) in [5.74, 6) is 1.33. The van der Waals surface area contributed by atoms with Crippen LogP contribution < -0.4 is 4.72 Å². The van der Waals surface area contributed by atoms with Crippen LogP contribution in [0, 0.1) is 0 Å². The summed E-state index contributed by atoms with van der Waals surface area (Å²) in [6, 6.07) is 22.7. The van der Waals surface area contributed by atoms with E-state index in [-0.39, 0.29) is 5.75 Å². The van der Waals surface area contributed by atoms with E-state index in [1.165, 1.54) is 28.6 Å². The van der Waals surface area contributed by atoms with Crippen molar-refractivity contribution < 1.29 is 8.42 Å². The Balaban J connectivity index is 1.38. The first kappa shape index (κ1) is 25.2. The summed E-state index contributed by atoms with van der Waals surface area (Å²) in [6.45, 7) is 4.41. The molecular formula is C28H31N3O2S2. The van der Waals surface area contributed by atoms with Crippen molar-refractivity contribution in [3.8, 4) is 10.6 Å². The highest BCUT2D eigenvalue weighted by atomic mass is 32.2. The number of nitrogens with zero attached hydrogens (tertiary/aromatic N) is 2. The van der Waals surface area contributed by atoms with Crippen LogP contribution in [0.4, 0.5) is 0 Å². The summed E-state index contributed by atoms with van der Waals surface area (Å²) >= 11 is 1.76. The van der Waals surface area contributed by atoms with Crippen LogP contribution in [0.3, 0.4) is 0 Å². The molecule has 182 valence electrons. The molecule has 0 amide bonds. The van der Waals surface area contributed by atoms with Crippen LogP contribution >= 0.6 is 11.3 Å². The quantitative estimate of drug-likeness (QED) is 0.298. The summed E-state index contributed by atoms with van der Waals surface area (Å²) < 4.78 is 25.8. The van der Waals surface area contributed by atoms with Crippen LogP contribution in [0.15, 0.2) is 72.9 Å². The third kappa shape index (κ3) is 7.07. The minimum absolute atomic E-state index is 0.00213. The Kier molecular flexibility index (Phi) is 8.11. The van der Waals surface area contributed by atoms with Gasteiger partial charge in [0.15, 0.2) is 0 Å². The van der Waals surface area contributed by atoms with Crippen LogP contribution in [0.2, 0.25) is 0 Å². The normalized spacial score (nSPS) is 11.8. The molecule has 0 aliphatic heterocycles. The van der Waals surface area contributed by atoms with Gasteiger partial charge in [-0.2, -0.15) is 0 Å². The van der Waals surface area contributed by atoms with E-state index in [0.717, 1.165) is 41.2 Å². The smallest absolute Gasteiger partial charge is 0.215 e. The van der Waals surface area contributed by atoms with Crippen molar-refractivity contribution in [2.24, 2.45) is 0 Å². The van der Waals surface area contributed by atoms with Gasteiger partial charge in [0, 0.05) is 17.5 Å². The number of sulfonamides is 1. The molecule has 1 N–H and O–H groups in total. The summed E-state index contributed by atoms with van der Waals surface area (Å²) in [7, 11) is -1.81. The van der Waals surface area contributed by atoms with Crippen LogP contribution in [0.5, 0.6) is 0 Å². The molecular weight excluding hydrogens is 474 g/mol. The number of aryl methyl sites for hydroxylation is 2. The number of hydrogen-bond acceptors (Lipinski definition) is 5. The van der Waals surface area contributed by atoms with Crippen LogP contribution in [-0.2, 0) is 35.0 Å². The molecule has 0 radical (unpaired) electrons. The molecule has 0 bridgehead atoms. The molecule has 4 aromatic rings. The summed E-state index contributed by atoms with van der Waals surface area (Å²) in [6.07, 6.45) is 4.40. The fraction of sp³-hybridized carbons (Fsp3) is 0.286. The van der Waals surface area contributed by atoms with Gasteiger partial charge >= 0.3 is 0 Å². The first-order chi connectivity index (χ1) is 16.8. The molecule has 0 saturated carbocycles. The Morgan fingerprint density at radius 2 is 1.69 bits per heavy atom. The molecule has 2 aromatic carbocycles. The van der Waals surface area contributed by atoms with Crippen LogP contribution in [0.25, 0.3) is 10.6 Å². The first-order valence-corrected chi connectivity index (χ1v) is 14.3. The monoisotopic (exact) mass is 505 g/mol. The van der Waals surface area contributed by atoms with Gasteiger partial charge in [-0.3, -0.25) is 0 Å². The molecule has 0 spiro atoms. The lowest BCUT2D eigenvalue weighted by atomic mass is 9.99. The molecule has 0 aliphatic carbocycles. The predicted octanol–water partition coefficient (Wildman–Crippen LogP) is 5.75. The maximum atomic E-state index is 11.7. The van der Waals surface area contributed by atoms with E-state index in [0.29, 0.717) is 5.92 Å². The molecule has 0 fully saturated rings. The maximum absolute atomic E-state index is 11.7. The van der Waals surface area contributed by atoms with Crippen molar-refractivity contribution in [3.05, 3.63) is 106 Å². The Bertz CT molecular complexity index is 1380. The van der Waals surface area contributed by atoms with E-state index in [2.05, 4.69) is 60.0 Å². The summed E-state index contributed by atoms with van der Waals surface area (Å²) in [4.78, 5) is 11.8. The molecule has 0 unspecified atom stereocenters. The van der Waals surface area contributed by atoms with Crippen molar-refractivity contribution >= 4 is 21.4 Å². The molecule has 4 rings (SSSR count). The van der Waals surface area contributed by atoms with Gasteiger partial charge in [-0.05, 0) is 66.3 Å². The average molecular weight is 506 g/mol. The van der Waals surface area contributed by atoms with E-state index >= 15 is 0 Å². The van der Waals surface area contributed by atoms with Crippen molar-refractivity contribution in [2.45, 2.75) is 44.8 Å². The highest BCUT2D eigenvalue weighted by Crippen LogP contribution is 2.28. The standard InChI is InChI=1S/C28H31N3O2S2/c1-20(2)24-6-4-5-23(17-24)18-28-30-16-15-26(31-28)27-14-13-25(34-27)12-11-21-7-9-22(10-8-21)19-35(32,33)29-3/h4-10,13-17,20,29H,11-12,18-19H2,1-3H3. The molecule has 2 aromatic heterocycles. The second kappa shape index (κ2) is 11.2. The Hall–Kier alpha value is -2.87. The molecule has 0 atom stereocenters. The molecule has 2 heterocycles. The Labute approximate surface area is 212 Å². The number of hydrogen-bond donors (Lipinski definition) is 1. The van der Waals surface area contributed by atoms with Crippen molar-refractivity contribution in [1.82, 2.24) is 14.7 Å². The van der Waals surface area contributed by atoms with E-state index in [1.807, 2.05) is 36.5 Å². The SMILES string of the molecule is CNS(=O)(=O)Cc1ccc(CCc2ccc(-c3ccnc(Cc4cccc(C(C)C)c4)n3)s2)cc1. The van der Waals surface area contributed by atoms with Gasteiger partial charge in [0.05, 0.1) is 16.3 Å². The maximum Gasteiger partial charge on any atom is 0.215 e. The highest BCUT2D eigenvalue weighted by Gasteiger charge is 2.10. The fourth-order valence-corrected chi connectivity index (χ4v) is 5.63. The van der Waals surface area contributed by atoms with Crippen molar-refractivity contribution in [2.75, 3.05) is 7.05 Å². The Morgan fingerprint density at radius 1 is 0.914 bits per heavy atom. The number of thiophene rings is 1. The number of aromatic nitrogens is 2. The number of rotatable bonds is 10. The third-order valence-corrected chi connectivity index (χ3v) is 8.45. The van der Waals surface area contributed by atoms with Gasteiger partial charge < -0.3 is 0 Å². The van der Waals surface area contributed by atoms with Gasteiger partial charge in [0.2, 0.25) is 10.0 Å². The topological polar surface area (TPSA) is 72.0 Å². The van der Waals surface area contributed by atoms with Crippen LogP contribution in [-0.4, -0.2) is 25.4 Å². The van der Waals surface area contributed by atoms with E-state index in [1.54, 1.807) is 11.3 Å². The fourth-order valence-electron chi connectivity index (χ4n) is 3.88. The van der Waals surface area contributed by atoms with Gasteiger partial charge in [-0.1, -0.05) is 62.4 Å². The largest absolute Gasteiger partial charge is 0.241 e. The van der Waals surface area contributed by atoms with E-state index in [9.17, 15) is 8.42 Å². The lowest BCUT2D eigenvalue weighted by Crippen LogP contribution is -2.20. The predicted molar refractivity (Wildman–Crippen MR) is 144 cm³/mol. The highest BCUT2D eigenvalue weighted by molar-refractivity contribution is 7.88. The molecule has 7 heteroatoms. The summed E-state index contributed by atoms with van der Waals surface area (Å²) in [5.41, 5.74) is 5.51. The van der Waals surface area contributed by atoms with Crippen molar-refractivity contribution in [1.29, 1.82) is 0 Å². The number of benzene rings is 2. The van der Waals surface area contributed by atoms with Gasteiger partial charge in [-0.15, -0.1) is 11.3 Å². The van der Waals surface area contributed by atoms with Gasteiger partial charge in [-0.25, -0.2) is 23.1 Å². The number of nitrogens with one attached hydrogen (secondary N) is 1. The zero-order valence-corrected chi connectivity index (χ0v) is 22.0. The lowest BCUT2D eigenvalue weighted by molar-refractivity contribution is 0.587. The van der Waals surface area contributed by atoms with Gasteiger partial charge in [0.25, 0.3) is 0 Å². The molecule has 35 heavy (non-hydrogen) atoms. The third-order valence-electron chi connectivity index (χ3n) is 5.95.